The Bertz CT molecular complexity index is 1270. The van der Waals surface area contributed by atoms with Gasteiger partial charge in [-0.05, 0) is 54.4 Å². The number of halogens is 1. The number of hydrogen-bond donors (Lipinski definition) is 3. The summed E-state index contributed by atoms with van der Waals surface area (Å²) in [6.45, 7) is 1.69. The van der Waals surface area contributed by atoms with E-state index < -0.39 is 11.7 Å². The fraction of sp³-hybridized carbons (Fsp3) is 0.130. The first-order valence-electron chi connectivity index (χ1n) is 9.83. The van der Waals surface area contributed by atoms with Gasteiger partial charge in [0, 0.05) is 36.3 Å². The van der Waals surface area contributed by atoms with Gasteiger partial charge in [-0.15, -0.1) is 0 Å². The molecule has 0 spiro atoms. The Balaban J connectivity index is 1.48. The summed E-state index contributed by atoms with van der Waals surface area (Å²) in [6, 6.07) is 10.7. The normalized spacial score (nSPS) is 10.8. The largest absolute Gasteiger partial charge is 0.392 e. The molecule has 0 bridgehead atoms. The number of benzene rings is 2. The van der Waals surface area contributed by atoms with E-state index in [9.17, 15) is 14.3 Å². The Morgan fingerprint density at radius 1 is 1.16 bits per heavy atom. The van der Waals surface area contributed by atoms with Gasteiger partial charge in [0.1, 0.15) is 5.82 Å². The molecule has 9 heteroatoms. The third kappa shape index (κ3) is 4.62. The van der Waals surface area contributed by atoms with Crippen LogP contribution in [0.4, 0.5) is 21.7 Å². The van der Waals surface area contributed by atoms with Gasteiger partial charge in [-0.3, -0.25) is 9.48 Å². The Labute approximate surface area is 183 Å². The van der Waals surface area contributed by atoms with Crippen molar-refractivity contribution < 1.29 is 14.3 Å². The molecule has 4 rings (SSSR count). The van der Waals surface area contributed by atoms with Crippen LogP contribution in [0.5, 0.6) is 0 Å². The van der Waals surface area contributed by atoms with E-state index in [0.29, 0.717) is 22.8 Å². The first-order valence-corrected chi connectivity index (χ1v) is 9.83. The van der Waals surface area contributed by atoms with E-state index >= 15 is 0 Å². The molecule has 0 aliphatic carbocycles. The molecular formula is C23H21FN6O2. The van der Waals surface area contributed by atoms with Gasteiger partial charge in [0.15, 0.2) is 0 Å². The average molecular weight is 432 g/mol. The highest BCUT2D eigenvalue weighted by atomic mass is 19.1. The second-order valence-electron chi connectivity index (χ2n) is 7.26. The molecule has 0 unspecified atom stereocenters. The van der Waals surface area contributed by atoms with Gasteiger partial charge in [0.25, 0.3) is 5.91 Å². The molecule has 162 valence electrons. The quantitative estimate of drug-likeness (QED) is 0.428. The first kappa shape index (κ1) is 21.1. The number of carbonyl (C=O) groups excluding carboxylic acids is 1. The van der Waals surface area contributed by atoms with Crippen LogP contribution in [0.15, 0.2) is 61.1 Å². The highest BCUT2D eigenvalue weighted by Gasteiger charge is 2.12. The average Bonchev–Trinajstić information content (AvgIpc) is 3.23. The number of nitrogens with one attached hydrogen (secondary N) is 2. The van der Waals surface area contributed by atoms with E-state index in [1.54, 1.807) is 41.3 Å². The number of rotatable bonds is 6. The number of anilines is 3. The standard InChI is InChI=1S/C23H21FN6O2/c1-14-10-25-23(29-21(14)17-11-26-30(2)12-17)27-18-6-4-16(5-7-18)22(32)28-20-9-15(13-31)3-8-19(20)24/h3-12,31H,13H2,1-2H3,(H,28,32)(H,25,27,29). The summed E-state index contributed by atoms with van der Waals surface area (Å²) in [4.78, 5) is 21.4. The van der Waals surface area contributed by atoms with Crippen molar-refractivity contribution in [1.82, 2.24) is 19.7 Å². The number of hydrogen-bond acceptors (Lipinski definition) is 6. The lowest BCUT2D eigenvalue weighted by atomic mass is 10.1. The maximum atomic E-state index is 13.9. The summed E-state index contributed by atoms with van der Waals surface area (Å²) in [6.07, 6.45) is 5.35. The number of aliphatic hydroxyl groups excluding tert-OH is 1. The zero-order valence-electron chi connectivity index (χ0n) is 17.5. The number of amides is 1. The third-order valence-electron chi connectivity index (χ3n) is 4.81. The van der Waals surface area contributed by atoms with Crippen LogP contribution in [0.1, 0.15) is 21.5 Å². The third-order valence-corrected chi connectivity index (χ3v) is 4.81. The lowest BCUT2D eigenvalue weighted by Crippen LogP contribution is -2.13. The molecule has 0 saturated carbocycles. The topological polar surface area (TPSA) is 105 Å². The maximum Gasteiger partial charge on any atom is 0.255 e. The molecule has 0 atom stereocenters. The summed E-state index contributed by atoms with van der Waals surface area (Å²) in [7, 11) is 1.84. The van der Waals surface area contributed by atoms with Gasteiger partial charge >= 0.3 is 0 Å². The van der Waals surface area contributed by atoms with Crippen LogP contribution in [0.2, 0.25) is 0 Å². The predicted octanol–water partition coefficient (Wildman–Crippen LogP) is 3.81. The number of aliphatic hydroxyl groups is 1. The van der Waals surface area contributed by atoms with Crippen molar-refractivity contribution in [2.75, 3.05) is 10.6 Å². The highest BCUT2D eigenvalue weighted by Crippen LogP contribution is 2.23. The zero-order chi connectivity index (χ0) is 22.7. The highest BCUT2D eigenvalue weighted by molar-refractivity contribution is 6.04. The van der Waals surface area contributed by atoms with Crippen molar-refractivity contribution in [2.24, 2.45) is 7.05 Å². The van der Waals surface area contributed by atoms with Crippen molar-refractivity contribution in [3.63, 3.8) is 0 Å². The molecule has 0 aliphatic heterocycles. The van der Waals surface area contributed by atoms with Gasteiger partial charge in [0.05, 0.1) is 24.2 Å². The molecule has 2 aromatic carbocycles. The molecule has 0 aliphatic rings. The molecule has 8 nitrogen and oxygen atoms in total. The van der Waals surface area contributed by atoms with E-state index in [1.807, 2.05) is 20.2 Å². The molecule has 0 radical (unpaired) electrons. The van der Waals surface area contributed by atoms with Gasteiger partial charge in [-0.1, -0.05) is 6.07 Å². The summed E-state index contributed by atoms with van der Waals surface area (Å²) >= 11 is 0. The van der Waals surface area contributed by atoms with E-state index in [-0.39, 0.29) is 12.3 Å². The predicted molar refractivity (Wildman–Crippen MR) is 119 cm³/mol. The molecule has 3 N–H and O–H groups in total. The van der Waals surface area contributed by atoms with Crippen molar-refractivity contribution in [1.29, 1.82) is 0 Å². The van der Waals surface area contributed by atoms with Crippen LogP contribution in [0.25, 0.3) is 11.3 Å². The molecular weight excluding hydrogens is 411 g/mol. The van der Waals surface area contributed by atoms with Crippen molar-refractivity contribution in [3.05, 3.63) is 83.6 Å². The zero-order valence-corrected chi connectivity index (χ0v) is 17.5. The molecule has 32 heavy (non-hydrogen) atoms. The molecule has 1 amide bonds. The second-order valence-corrected chi connectivity index (χ2v) is 7.26. The Hall–Kier alpha value is -4.11. The van der Waals surface area contributed by atoms with Gasteiger partial charge < -0.3 is 15.7 Å². The summed E-state index contributed by atoms with van der Waals surface area (Å²) in [5, 5.41) is 19.0. The smallest absolute Gasteiger partial charge is 0.255 e. The monoisotopic (exact) mass is 432 g/mol. The van der Waals surface area contributed by atoms with Crippen LogP contribution in [0.3, 0.4) is 0 Å². The lowest BCUT2D eigenvalue weighted by Gasteiger charge is -2.10. The fourth-order valence-electron chi connectivity index (χ4n) is 3.13. The van der Waals surface area contributed by atoms with Crippen molar-refractivity contribution >= 4 is 23.2 Å². The van der Waals surface area contributed by atoms with E-state index in [1.165, 1.54) is 18.2 Å². The SMILES string of the molecule is Cc1cnc(Nc2ccc(C(=O)Nc3cc(CO)ccc3F)cc2)nc1-c1cnn(C)c1. The van der Waals surface area contributed by atoms with Crippen LogP contribution in [-0.2, 0) is 13.7 Å². The van der Waals surface area contributed by atoms with E-state index in [4.69, 9.17) is 0 Å². The van der Waals surface area contributed by atoms with Crippen molar-refractivity contribution in [3.8, 4) is 11.3 Å². The summed E-state index contributed by atoms with van der Waals surface area (Å²) < 4.78 is 15.7. The van der Waals surface area contributed by atoms with Crippen LogP contribution < -0.4 is 10.6 Å². The van der Waals surface area contributed by atoms with Crippen LogP contribution >= 0.6 is 0 Å². The van der Waals surface area contributed by atoms with E-state index in [2.05, 4.69) is 25.7 Å². The first-order chi connectivity index (χ1) is 15.4. The molecule has 0 fully saturated rings. The fourth-order valence-corrected chi connectivity index (χ4v) is 3.13. The Morgan fingerprint density at radius 3 is 2.62 bits per heavy atom. The molecule has 2 aromatic heterocycles. The number of carbonyl (C=O) groups is 1. The minimum absolute atomic E-state index is 0.0136. The molecule has 4 aromatic rings. The minimum Gasteiger partial charge on any atom is -0.392 e. The molecule has 2 heterocycles. The maximum absolute atomic E-state index is 13.9. The number of aryl methyl sites for hydroxylation is 2. The number of nitrogens with zero attached hydrogens (tertiary/aromatic N) is 4. The minimum atomic E-state index is -0.574. The van der Waals surface area contributed by atoms with Gasteiger partial charge in [-0.2, -0.15) is 5.10 Å². The lowest BCUT2D eigenvalue weighted by molar-refractivity contribution is 0.102. The number of aromatic nitrogens is 4. The van der Waals surface area contributed by atoms with Gasteiger partial charge in [-0.25, -0.2) is 14.4 Å². The Morgan fingerprint density at radius 2 is 1.94 bits per heavy atom. The summed E-state index contributed by atoms with van der Waals surface area (Å²) in [5.74, 6) is -0.625. The summed E-state index contributed by atoms with van der Waals surface area (Å²) in [5.41, 5.74) is 4.15. The Kier molecular flexibility index (Phi) is 5.91. The van der Waals surface area contributed by atoms with E-state index in [0.717, 1.165) is 16.8 Å². The second kappa shape index (κ2) is 8.94. The molecule has 0 saturated heterocycles. The van der Waals surface area contributed by atoms with Crippen LogP contribution in [0, 0.1) is 12.7 Å². The van der Waals surface area contributed by atoms with Crippen LogP contribution in [-0.4, -0.2) is 30.8 Å². The van der Waals surface area contributed by atoms with Gasteiger partial charge in [0.2, 0.25) is 5.95 Å². The van der Waals surface area contributed by atoms with Crippen molar-refractivity contribution in [2.45, 2.75) is 13.5 Å².